The Labute approximate surface area is 133 Å². The normalized spacial score (nSPS) is 11.6. The van der Waals surface area contributed by atoms with Gasteiger partial charge in [-0.25, -0.2) is 8.42 Å². The number of methoxy groups -OCH3 is 2. The number of hydrogen-bond donors (Lipinski definition) is 0. The summed E-state index contributed by atoms with van der Waals surface area (Å²) in [4.78, 5) is 11.4. The summed E-state index contributed by atoms with van der Waals surface area (Å²) in [5, 5.41) is 0. The molecule has 0 fully saturated rings. The standard InChI is InChI=1S/C13H18BrNO5S/c1-19-10-9-15(8-7-13(16)20-2)21(17,18)12-6-4-3-5-11(12)14/h3-6H,7-10H2,1-2H3. The van der Waals surface area contributed by atoms with Crippen molar-refractivity contribution in [3.05, 3.63) is 28.7 Å². The van der Waals surface area contributed by atoms with Gasteiger partial charge in [0.25, 0.3) is 0 Å². The second-order valence-electron chi connectivity index (χ2n) is 4.15. The van der Waals surface area contributed by atoms with E-state index in [1.54, 1.807) is 18.2 Å². The molecule has 8 heteroatoms. The van der Waals surface area contributed by atoms with Crippen LogP contribution in [0.3, 0.4) is 0 Å². The van der Waals surface area contributed by atoms with E-state index in [4.69, 9.17) is 4.74 Å². The highest BCUT2D eigenvalue weighted by Gasteiger charge is 2.26. The molecule has 1 aromatic carbocycles. The smallest absolute Gasteiger partial charge is 0.306 e. The number of nitrogens with zero attached hydrogens (tertiary/aromatic N) is 1. The number of halogens is 1. The number of esters is 1. The van der Waals surface area contributed by atoms with Crippen molar-refractivity contribution in [2.24, 2.45) is 0 Å². The molecule has 0 spiro atoms. The summed E-state index contributed by atoms with van der Waals surface area (Å²) >= 11 is 3.23. The molecule has 0 aliphatic carbocycles. The fourth-order valence-corrected chi connectivity index (χ4v) is 4.04. The maximum Gasteiger partial charge on any atom is 0.306 e. The van der Waals surface area contributed by atoms with Crippen LogP contribution in [-0.4, -0.2) is 52.6 Å². The lowest BCUT2D eigenvalue weighted by Gasteiger charge is -2.22. The fourth-order valence-electron chi connectivity index (χ4n) is 1.66. The predicted octanol–water partition coefficient (Wildman–Crippen LogP) is 1.65. The molecule has 0 saturated carbocycles. The minimum absolute atomic E-state index is 0.0100. The molecule has 0 aromatic heterocycles. The van der Waals surface area contributed by atoms with Crippen molar-refractivity contribution in [1.82, 2.24) is 4.31 Å². The third-order valence-corrected chi connectivity index (χ3v) is 5.70. The number of ether oxygens (including phenoxy) is 2. The van der Waals surface area contributed by atoms with Crippen molar-refractivity contribution < 1.29 is 22.7 Å². The Balaban J connectivity index is 3.00. The fraction of sp³-hybridized carbons (Fsp3) is 0.462. The van der Waals surface area contributed by atoms with E-state index in [9.17, 15) is 13.2 Å². The Morgan fingerprint density at radius 1 is 1.24 bits per heavy atom. The Morgan fingerprint density at radius 2 is 1.90 bits per heavy atom. The zero-order valence-electron chi connectivity index (χ0n) is 11.9. The van der Waals surface area contributed by atoms with Gasteiger partial charge in [-0.15, -0.1) is 0 Å². The van der Waals surface area contributed by atoms with Crippen LogP contribution in [0.25, 0.3) is 0 Å². The average Bonchev–Trinajstić information content (AvgIpc) is 2.46. The Kier molecular flexibility index (Phi) is 7.30. The van der Waals surface area contributed by atoms with Gasteiger partial charge < -0.3 is 9.47 Å². The zero-order chi connectivity index (χ0) is 15.9. The highest BCUT2D eigenvalue weighted by Crippen LogP contribution is 2.24. The lowest BCUT2D eigenvalue weighted by molar-refractivity contribution is -0.140. The minimum Gasteiger partial charge on any atom is -0.469 e. The molecule has 0 aliphatic heterocycles. The first-order valence-corrected chi connectivity index (χ1v) is 8.47. The van der Waals surface area contributed by atoms with Crippen LogP contribution in [0, 0.1) is 0 Å². The number of carbonyl (C=O) groups is 1. The molecule has 0 saturated heterocycles. The van der Waals surface area contributed by atoms with Gasteiger partial charge in [-0.2, -0.15) is 4.31 Å². The molecule has 0 N–H and O–H groups in total. The van der Waals surface area contributed by atoms with Gasteiger partial charge in [0.05, 0.1) is 25.0 Å². The van der Waals surface area contributed by atoms with Gasteiger partial charge >= 0.3 is 5.97 Å². The van der Waals surface area contributed by atoms with E-state index in [-0.39, 0.29) is 31.0 Å². The molecular formula is C13H18BrNO5S. The Bertz CT molecular complexity index is 576. The van der Waals surface area contributed by atoms with Crippen molar-refractivity contribution >= 4 is 31.9 Å². The monoisotopic (exact) mass is 379 g/mol. The largest absolute Gasteiger partial charge is 0.469 e. The third-order valence-electron chi connectivity index (χ3n) is 2.79. The molecule has 0 atom stereocenters. The van der Waals surface area contributed by atoms with Crippen LogP contribution in [0.5, 0.6) is 0 Å². The van der Waals surface area contributed by atoms with Gasteiger partial charge in [0.2, 0.25) is 10.0 Å². The predicted molar refractivity (Wildman–Crippen MR) is 81.4 cm³/mol. The summed E-state index contributed by atoms with van der Waals surface area (Å²) in [7, 11) is -0.952. The summed E-state index contributed by atoms with van der Waals surface area (Å²) in [6.45, 7) is 0.446. The number of carbonyl (C=O) groups excluding carboxylic acids is 1. The van der Waals surface area contributed by atoms with Crippen LogP contribution >= 0.6 is 15.9 Å². The first-order chi connectivity index (χ1) is 9.93. The van der Waals surface area contributed by atoms with Crippen LogP contribution in [0.1, 0.15) is 6.42 Å². The molecule has 0 radical (unpaired) electrons. The number of hydrogen-bond acceptors (Lipinski definition) is 5. The first kappa shape index (κ1) is 18.1. The highest BCUT2D eigenvalue weighted by molar-refractivity contribution is 9.10. The van der Waals surface area contributed by atoms with E-state index in [2.05, 4.69) is 20.7 Å². The second kappa shape index (κ2) is 8.47. The van der Waals surface area contributed by atoms with Crippen molar-refractivity contribution in [2.45, 2.75) is 11.3 Å². The Hall–Kier alpha value is -0.960. The van der Waals surface area contributed by atoms with E-state index in [0.717, 1.165) is 0 Å². The van der Waals surface area contributed by atoms with Crippen LogP contribution in [0.2, 0.25) is 0 Å². The lowest BCUT2D eigenvalue weighted by Crippen LogP contribution is -2.36. The summed E-state index contributed by atoms with van der Waals surface area (Å²) < 4.78 is 36.5. The van der Waals surface area contributed by atoms with Gasteiger partial charge in [0, 0.05) is 24.7 Å². The minimum atomic E-state index is -3.71. The van der Waals surface area contributed by atoms with Crippen molar-refractivity contribution in [3.8, 4) is 0 Å². The quantitative estimate of drug-likeness (QED) is 0.642. The molecule has 6 nitrogen and oxygen atoms in total. The molecule has 0 heterocycles. The number of sulfonamides is 1. The van der Waals surface area contributed by atoms with Gasteiger partial charge in [0.1, 0.15) is 0 Å². The molecule has 1 aromatic rings. The van der Waals surface area contributed by atoms with Crippen molar-refractivity contribution in [2.75, 3.05) is 33.9 Å². The summed E-state index contributed by atoms with van der Waals surface area (Å²) in [5.41, 5.74) is 0. The van der Waals surface area contributed by atoms with Gasteiger partial charge in [-0.05, 0) is 28.1 Å². The molecule has 0 unspecified atom stereocenters. The highest BCUT2D eigenvalue weighted by atomic mass is 79.9. The summed E-state index contributed by atoms with van der Waals surface area (Å²) in [6.07, 6.45) is -0.0100. The molecule has 0 aliphatic rings. The first-order valence-electron chi connectivity index (χ1n) is 6.24. The molecule has 0 amide bonds. The van der Waals surface area contributed by atoms with E-state index >= 15 is 0 Å². The molecule has 1 rings (SSSR count). The van der Waals surface area contributed by atoms with E-state index in [0.29, 0.717) is 4.47 Å². The van der Waals surface area contributed by atoms with Gasteiger partial charge in [0.15, 0.2) is 0 Å². The maximum atomic E-state index is 12.6. The molecular weight excluding hydrogens is 362 g/mol. The number of benzene rings is 1. The maximum absolute atomic E-state index is 12.6. The SMILES string of the molecule is COCCN(CCC(=O)OC)S(=O)(=O)c1ccccc1Br. The second-order valence-corrected chi connectivity index (χ2v) is 6.91. The lowest BCUT2D eigenvalue weighted by atomic mass is 10.4. The van der Waals surface area contributed by atoms with Gasteiger partial charge in [-0.3, -0.25) is 4.79 Å². The Morgan fingerprint density at radius 3 is 2.48 bits per heavy atom. The van der Waals surface area contributed by atoms with Crippen molar-refractivity contribution in [3.63, 3.8) is 0 Å². The molecule has 0 bridgehead atoms. The van der Waals surface area contributed by atoms with E-state index < -0.39 is 16.0 Å². The van der Waals surface area contributed by atoms with Gasteiger partial charge in [-0.1, -0.05) is 12.1 Å². The van der Waals surface area contributed by atoms with Crippen LogP contribution < -0.4 is 0 Å². The third kappa shape index (κ3) is 5.06. The zero-order valence-corrected chi connectivity index (χ0v) is 14.3. The van der Waals surface area contributed by atoms with E-state index in [1.807, 2.05) is 0 Å². The molecule has 21 heavy (non-hydrogen) atoms. The summed E-state index contributed by atoms with van der Waals surface area (Å²) in [6, 6.07) is 6.54. The van der Waals surface area contributed by atoms with Crippen molar-refractivity contribution in [1.29, 1.82) is 0 Å². The van der Waals surface area contributed by atoms with Crippen LogP contribution in [-0.2, 0) is 24.3 Å². The topological polar surface area (TPSA) is 72.9 Å². The average molecular weight is 380 g/mol. The molecule has 118 valence electrons. The van der Waals surface area contributed by atoms with Crippen LogP contribution in [0.4, 0.5) is 0 Å². The summed E-state index contributed by atoms with van der Waals surface area (Å²) in [5.74, 6) is -0.459. The van der Waals surface area contributed by atoms with E-state index in [1.165, 1.54) is 24.6 Å². The number of rotatable bonds is 8. The van der Waals surface area contributed by atoms with Crippen LogP contribution in [0.15, 0.2) is 33.6 Å².